The van der Waals surface area contributed by atoms with Gasteiger partial charge in [-0.1, -0.05) is 72.2 Å². The maximum atomic E-state index is 6.51. The summed E-state index contributed by atoms with van der Waals surface area (Å²) in [6.07, 6.45) is 13.0. The molecule has 0 spiro atoms. The lowest BCUT2D eigenvalue weighted by Crippen LogP contribution is -2.38. The Morgan fingerprint density at radius 3 is 2.52 bits per heavy atom. The molecule has 1 aliphatic heterocycles. The van der Waals surface area contributed by atoms with Gasteiger partial charge in [0.1, 0.15) is 0 Å². The van der Waals surface area contributed by atoms with Crippen molar-refractivity contribution >= 4 is 22.6 Å². The fourth-order valence-corrected chi connectivity index (χ4v) is 5.03. The number of halogens is 1. The second-order valence-electron chi connectivity index (χ2n) is 6.79. The SMILES string of the molecule is I[C@@H]1C[C@H](CCc2ccccc2)O[C@H](C2CCCCC2)C1. The van der Waals surface area contributed by atoms with Gasteiger partial charge in [0.05, 0.1) is 12.2 Å². The molecular weight excluding hydrogens is 371 g/mol. The Hall–Kier alpha value is -0.0900. The lowest BCUT2D eigenvalue weighted by molar-refractivity contribution is -0.0821. The molecule has 1 aromatic rings. The molecule has 1 nitrogen and oxygen atoms in total. The molecule has 0 N–H and O–H groups in total. The molecule has 2 aliphatic rings. The second kappa shape index (κ2) is 7.96. The van der Waals surface area contributed by atoms with E-state index in [4.69, 9.17) is 4.74 Å². The summed E-state index contributed by atoms with van der Waals surface area (Å²) in [6, 6.07) is 10.9. The Morgan fingerprint density at radius 1 is 1.00 bits per heavy atom. The van der Waals surface area contributed by atoms with E-state index in [1.807, 2.05) is 0 Å². The Morgan fingerprint density at radius 2 is 1.76 bits per heavy atom. The third-order valence-electron chi connectivity index (χ3n) is 5.15. The highest BCUT2D eigenvalue weighted by Gasteiger charge is 2.33. The molecule has 1 saturated carbocycles. The lowest BCUT2D eigenvalue weighted by Gasteiger charge is -2.39. The van der Waals surface area contributed by atoms with Crippen LogP contribution in [0, 0.1) is 5.92 Å². The first-order valence-electron chi connectivity index (χ1n) is 8.64. The minimum Gasteiger partial charge on any atom is -0.375 e. The van der Waals surface area contributed by atoms with Crippen LogP contribution in [0.5, 0.6) is 0 Å². The molecule has 1 heterocycles. The van der Waals surface area contributed by atoms with Crippen LogP contribution in [0.1, 0.15) is 56.9 Å². The predicted molar refractivity (Wildman–Crippen MR) is 97.0 cm³/mol. The van der Waals surface area contributed by atoms with Crippen LogP contribution in [0.2, 0.25) is 0 Å². The van der Waals surface area contributed by atoms with E-state index in [-0.39, 0.29) is 0 Å². The van der Waals surface area contributed by atoms with Gasteiger partial charge >= 0.3 is 0 Å². The van der Waals surface area contributed by atoms with E-state index < -0.39 is 0 Å². The van der Waals surface area contributed by atoms with Gasteiger partial charge in [-0.3, -0.25) is 0 Å². The number of ether oxygens (including phenoxy) is 1. The van der Waals surface area contributed by atoms with Crippen LogP contribution in [0.15, 0.2) is 30.3 Å². The van der Waals surface area contributed by atoms with Gasteiger partial charge < -0.3 is 4.74 Å². The van der Waals surface area contributed by atoms with Gasteiger partial charge in [0.15, 0.2) is 0 Å². The number of hydrogen-bond donors (Lipinski definition) is 0. The third kappa shape index (κ3) is 4.69. The topological polar surface area (TPSA) is 9.23 Å². The average molecular weight is 398 g/mol. The van der Waals surface area contributed by atoms with Crippen molar-refractivity contribution in [2.75, 3.05) is 0 Å². The molecule has 1 saturated heterocycles. The van der Waals surface area contributed by atoms with Crippen molar-refractivity contribution in [1.29, 1.82) is 0 Å². The van der Waals surface area contributed by atoms with Gasteiger partial charge in [0.2, 0.25) is 0 Å². The summed E-state index contributed by atoms with van der Waals surface area (Å²) in [5.74, 6) is 0.843. The Labute approximate surface area is 143 Å². The number of benzene rings is 1. The molecule has 21 heavy (non-hydrogen) atoms. The molecule has 2 heteroatoms. The molecule has 1 aromatic carbocycles. The Bertz CT molecular complexity index is 413. The predicted octanol–water partition coefficient (Wildman–Crippen LogP) is 5.55. The molecule has 0 unspecified atom stereocenters. The minimum atomic E-state index is 0.479. The number of hydrogen-bond acceptors (Lipinski definition) is 1. The molecule has 116 valence electrons. The monoisotopic (exact) mass is 398 g/mol. The van der Waals surface area contributed by atoms with Crippen molar-refractivity contribution in [2.24, 2.45) is 5.92 Å². The second-order valence-corrected chi connectivity index (χ2v) is 8.55. The van der Waals surface area contributed by atoms with Crippen molar-refractivity contribution in [3.8, 4) is 0 Å². The van der Waals surface area contributed by atoms with Crippen LogP contribution >= 0.6 is 22.6 Å². The van der Waals surface area contributed by atoms with Gasteiger partial charge in [-0.05, 0) is 50.0 Å². The molecule has 0 bridgehead atoms. The normalized spacial score (nSPS) is 31.2. The summed E-state index contributed by atoms with van der Waals surface area (Å²) in [4.78, 5) is 0. The summed E-state index contributed by atoms with van der Waals surface area (Å²) in [7, 11) is 0. The van der Waals surface area contributed by atoms with E-state index in [1.54, 1.807) is 0 Å². The molecule has 0 amide bonds. The van der Waals surface area contributed by atoms with Gasteiger partial charge in [0, 0.05) is 3.92 Å². The third-order valence-corrected chi connectivity index (χ3v) is 6.16. The summed E-state index contributed by atoms with van der Waals surface area (Å²) < 4.78 is 7.32. The van der Waals surface area contributed by atoms with E-state index in [0.717, 1.165) is 16.3 Å². The maximum absolute atomic E-state index is 6.51. The van der Waals surface area contributed by atoms with Crippen molar-refractivity contribution in [3.05, 3.63) is 35.9 Å². The summed E-state index contributed by atoms with van der Waals surface area (Å²) in [6.45, 7) is 0. The molecule has 0 radical (unpaired) electrons. The van der Waals surface area contributed by atoms with Crippen LogP contribution < -0.4 is 0 Å². The van der Waals surface area contributed by atoms with E-state index in [0.29, 0.717) is 12.2 Å². The van der Waals surface area contributed by atoms with Crippen LogP contribution in [0.25, 0.3) is 0 Å². The zero-order chi connectivity index (χ0) is 14.5. The highest BCUT2D eigenvalue weighted by molar-refractivity contribution is 14.1. The van der Waals surface area contributed by atoms with Crippen molar-refractivity contribution < 1.29 is 4.74 Å². The van der Waals surface area contributed by atoms with Crippen LogP contribution in [-0.4, -0.2) is 16.1 Å². The summed E-state index contributed by atoms with van der Waals surface area (Å²) >= 11 is 2.66. The highest BCUT2D eigenvalue weighted by Crippen LogP contribution is 2.37. The van der Waals surface area contributed by atoms with Crippen molar-refractivity contribution in [3.63, 3.8) is 0 Å². The number of aryl methyl sites for hydroxylation is 1. The fraction of sp³-hybridized carbons (Fsp3) is 0.684. The lowest BCUT2D eigenvalue weighted by atomic mass is 9.82. The first-order chi connectivity index (χ1) is 10.3. The standard InChI is InChI=1S/C19H27IO/c20-17-13-18(12-11-15-7-3-1-4-8-15)21-19(14-17)16-9-5-2-6-10-16/h1,3-4,7-8,16-19H,2,5-6,9-14H2/t17-,18+,19+/m1/s1. The largest absolute Gasteiger partial charge is 0.375 e. The number of alkyl halides is 1. The van der Waals surface area contributed by atoms with Crippen LogP contribution in [0.4, 0.5) is 0 Å². The molecule has 3 atom stereocenters. The Balaban J connectivity index is 1.53. The molecule has 3 rings (SSSR count). The minimum absolute atomic E-state index is 0.479. The average Bonchev–Trinajstić information content (AvgIpc) is 2.54. The quantitative estimate of drug-likeness (QED) is 0.477. The van der Waals surface area contributed by atoms with E-state index in [9.17, 15) is 0 Å². The van der Waals surface area contributed by atoms with Gasteiger partial charge in [-0.15, -0.1) is 0 Å². The highest BCUT2D eigenvalue weighted by atomic mass is 127. The van der Waals surface area contributed by atoms with Crippen molar-refractivity contribution in [1.82, 2.24) is 0 Å². The van der Waals surface area contributed by atoms with E-state index in [1.165, 1.54) is 56.9 Å². The fourth-order valence-electron chi connectivity index (χ4n) is 3.96. The maximum Gasteiger partial charge on any atom is 0.0617 e. The van der Waals surface area contributed by atoms with Crippen molar-refractivity contribution in [2.45, 2.75) is 73.9 Å². The zero-order valence-electron chi connectivity index (χ0n) is 12.8. The molecule has 1 aliphatic carbocycles. The van der Waals surface area contributed by atoms with E-state index in [2.05, 4.69) is 52.9 Å². The van der Waals surface area contributed by atoms with Gasteiger partial charge in [0.25, 0.3) is 0 Å². The first kappa shape index (κ1) is 15.8. The Kier molecular flexibility index (Phi) is 5.98. The zero-order valence-corrected chi connectivity index (χ0v) is 15.0. The smallest absolute Gasteiger partial charge is 0.0617 e. The first-order valence-corrected chi connectivity index (χ1v) is 9.89. The summed E-state index contributed by atoms with van der Waals surface area (Å²) in [5, 5.41) is 0. The van der Waals surface area contributed by atoms with E-state index >= 15 is 0 Å². The van der Waals surface area contributed by atoms with Crippen LogP contribution in [-0.2, 0) is 11.2 Å². The summed E-state index contributed by atoms with van der Waals surface area (Å²) in [5.41, 5.74) is 1.45. The molecule has 0 aromatic heterocycles. The van der Waals surface area contributed by atoms with Gasteiger partial charge in [-0.25, -0.2) is 0 Å². The molecule has 2 fully saturated rings. The van der Waals surface area contributed by atoms with Crippen LogP contribution in [0.3, 0.4) is 0 Å². The molecular formula is C19H27IO. The number of rotatable bonds is 4. The van der Waals surface area contributed by atoms with Gasteiger partial charge in [-0.2, -0.15) is 0 Å².